The number of aromatic nitrogens is 1. The third kappa shape index (κ3) is 3.37. The molecule has 18 heavy (non-hydrogen) atoms. The minimum Gasteiger partial charge on any atom is -0.378 e. The average molecular weight is 346 g/mol. The van der Waals surface area contributed by atoms with Gasteiger partial charge in [-0.3, -0.25) is 4.98 Å². The van der Waals surface area contributed by atoms with E-state index >= 15 is 0 Å². The molecular weight excluding hydrogens is 335 g/mol. The predicted molar refractivity (Wildman–Crippen MR) is 80.5 cm³/mol. The van der Waals surface area contributed by atoms with E-state index in [-0.39, 0.29) is 0 Å². The van der Waals surface area contributed by atoms with E-state index in [1.165, 1.54) is 0 Å². The number of aryl methyl sites for hydroxylation is 1. The number of nitrogens with one attached hydrogen (secondary N) is 1. The lowest BCUT2D eigenvalue weighted by Gasteiger charge is -2.10. The maximum atomic E-state index is 6.14. The normalized spacial score (nSPS) is 10.4. The van der Waals surface area contributed by atoms with Gasteiger partial charge in [-0.05, 0) is 52.7 Å². The van der Waals surface area contributed by atoms with E-state index in [0.29, 0.717) is 16.6 Å². The van der Waals surface area contributed by atoms with Gasteiger partial charge in [0.2, 0.25) is 0 Å². The Labute approximate surface area is 124 Å². The Morgan fingerprint density at radius 1 is 1.22 bits per heavy atom. The molecule has 1 aromatic carbocycles. The summed E-state index contributed by atoms with van der Waals surface area (Å²) in [7, 11) is 0. The molecule has 0 atom stereocenters. The van der Waals surface area contributed by atoms with Crippen molar-refractivity contribution < 1.29 is 0 Å². The van der Waals surface area contributed by atoms with E-state index in [9.17, 15) is 0 Å². The average Bonchev–Trinajstić information content (AvgIpc) is 2.34. The Kier molecular flexibility index (Phi) is 4.49. The maximum absolute atomic E-state index is 6.14. The summed E-state index contributed by atoms with van der Waals surface area (Å²) in [6, 6.07) is 7.58. The summed E-state index contributed by atoms with van der Waals surface area (Å²) in [5.41, 5.74) is 2.72. The highest BCUT2D eigenvalue weighted by molar-refractivity contribution is 9.10. The number of anilines is 1. The summed E-state index contributed by atoms with van der Waals surface area (Å²) < 4.78 is 0.961. The van der Waals surface area contributed by atoms with Crippen LogP contribution in [-0.2, 0) is 6.54 Å². The molecule has 0 bridgehead atoms. The van der Waals surface area contributed by atoms with Crippen LogP contribution < -0.4 is 5.32 Å². The first-order valence-corrected chi connectivity index (χ1v) is 6.91. The lowest BCUT2D eigenvalue weighted by atomic mass is 10.2. The van der Waals surface area contributed by atoms with Crippen LogP contribution >= 0.6 is 39.1 Å². The second kappa shape index (κ2) is 5.91. The van der Waals surface area contributed by atoms with Gasteiger partial charge in [0.25, 0.3) is 0 Å². The van der Waals surface area contributed by atoms with Crippen LogP contribution in [0.25, 0.3) is 0 Å². The molecule has 2 rings (SSSR count). The van der Waals surface area contributed by atoms with Crippen molar-refractivity contribution >= 4 is 44.8 Å². The smallest absolute Gasteiger partial charge is 0.0641 e. The van der Waals surface area contributed by atoms with Crippen LogP contribution in [-0.4, -0.2) is 4.98 Å². The first-order chi connectivity index (χ1) is 8.56. The first kappa shape index (κ1) is 13.7. The van der Waals surface area contributed by atoms with Gasteiger partial charge >= 0.3 is 0 Å². The summed E-state index contributed by atoms with van der Waals surface area (Å²) in [5.74, 6) is 0. The number of halogens is 3. The molecule has 94 valence electrons. The number of benzene rings is 1. The maximum Gasteiger partial charge on any atom is 0.0641 e. The minimum absolute atomic E-state index is 0.604. The van der Waals surface area contributed by atoms with Crippen molar-refractivity contribution in [1.29, 1.82) is 0 Å². The molecule has 0 amide bonds. The number of nitrogens with zero attached hydrogens (tertiary/aromatic N) is 1. The van der Waals surface area contributed by atoms with Crippen LogP contribution in [0.3, 0.4) is 0 Å². The Morgan fingerprint density at radius 2 is 2.00 bits per heavy atom. The fourth-order valence-corrected chi connectivity index (χ4v) is 2.16. The van der Waals surface area contributed by atoms with Crippen LogP contribution in [0.15, 0.2) is 34.9 Å². The third-order valence-electron chi connectivity index (χ3n) is 2.50. The van der Waals surface area contributed by atoms with Gasteiger partial charge in [0.15, 0.2) is 0 Å². The van der Waals surface area contributed by atoms with E-state index in [2.05, 4.69) is 26.2 Å². The zero-order valence-electron chi connectivity index (χ0n) is 9.67. The van der Waals surface area contributed by atoms with Crippen molar-refractivity contribution in [2.24, 2.45) is 0 Å². The van der Waals surface area contributed by atoms with Gasteiger partial charge in [-0.25, -0.2) is 0 Å². The van der Waals surface area contributed by atoms with Crippen molar-refractivity contribution in [3.8, 4) is 0 Å². The number of hydrogen-bond donors (Lipinski definition) is 1. The standard InChI is InChI=1S/C13H11BrCl2N2/c1-8-4-12(16)13(5-11(8)15)18-7-10-3-2-9(14)6-17-10/h2-6,18H,7H2,1H3. The minimum atomic E-state index is 0.604. The monoisotopic (exact) mass is 344 g/mol. The lowest BCUT2D eigenvalue weighted by molar-refractivity contribution is 1.04. The molecule has 1 heterocycles. The summed E-state index contributed by atoms with van der Waals surface area (Å²) >= 11 is 15.6. The molecule has 0 saturated heterocycles. The second-order valence-corrected chi connectivity index (χ2v) is 5.63. The summed E-state index contributed by atoms with van der Waals surface area (Å²) in [6.07, 6.45) is 1.76. The molecule has 0 radical (unpaired) electrons. The fraction of sp³-hybridized carbons (Fsp3) is 0.154. The zero-order valence-corrected chi connectivity index (χ0v) is 12.8. The Bertz CT molecular complexity index is 556. The highest BCUT2D eigenvalue weighted by atomic mass is 79.9. The lowest BCUT2D eigenvalue weighted by Crippen LogP contribution is -2.02. The molecule has 0 unspecified atom stereocenters. The van der Waals surface area contributed by atoms with Crippen LogP contribution in [0.1, 0.15) is 11.3 Å². The van der Waals surface area contributed by atoms with E-state index in [4.69, 9.17) is 23.2 Å². The van der Waals surface area contributed by atoms with Crippen molar-refractivity contribution in [3.05, 3.63) is 56.2 Å². The van der Waals surface area contributed by atoms with E-state index < -0.39 is 0 Å². The van der Waals surface area contributed by atoms with E-state index in [1.807, 2.05) is 31.2 Å². The fourth-order valence-electron chi connectivity index (χ4n) is 1.48. The largest absolute Gasteiger partial charge is 0.378 e. The van der Waals surface area contributed by atoms with Crippen molar-refractivity contribution in [3.63, 3.8) is 0 Å². The molecular formula is C13H11BrCl2N2. The van der Waals surface area contributed by atoms with Crippen molar-refractivity contribution in [2.45, 2.75) is 13.5 Å². The molecule has 0 fully saturated rings. The Morgan fingerprint density at radius 3 is 2.67 bits per heavy atom. The summed E-state index contributed by atoms with van der Waals surface area (Å²) in [4.78, 5) is 4.28. The van der Waals surface area contributed by atoms with Crippen LogP contribution in [0.4, 0.5) is 5.69 Å². The van der Waals surface area contributed by atoms with Gasteiger partial charge < -0.3 is 5.32 Å². The van der Waals surface area contributed by atoms with Crippen LogP contribution in [0.5, 0.6) is 0 Å². The number of pyridine rings is 1. The van der Waals surface area contributed by atoms with Gasteiger partial charge in [-0.2, -0.15) is 0 Å². The molecule has 5 heteroatoms. The molecule has 1 aromatic heterocycles. The van der Waals surface area contributed by atoms with E-state index in [1.54, 1.807) is 6.20 Å². The van der Waals surface area contributed by atoms with Gasteiger partial charge in [0, 0.05) is 15.7 Å². The quantitative estimate of drug-likeness (QED) is 0.839. The number of rotatable bonds is 3. The second-order valence-electron chi connectivity index (χ2n) is 3.90. The topological polar surface area (TPSA) is 24.9 Å². The number of hydrogen-bond acceptors (Lipinski definition) is 2. The van der Waals surface area contributed by atoms with Gasteiger partial charge in [-0.1, -0.05) is 23.2 Å². The Hall–Kier alpha value is -0.770. The molecule has 2 aromatic rings. The zero-order chi connectivity index (χ0) is 13.1. The first-order valence-electron chi connectivity index (χ1n) is 5.36. The van der Waals surface area contributed by atoms with Gasteiger partial charge in [0.1, 0.15) is 0 Å². The predicted octanol–water partition coefficient (Wildman–Crippen LogP) is 5.07. The Balaban J connectivity index is 2.10. The third-order valence-corrected chi connectivity index (χ3v) is 3.69. The molecule has 1 N–H and O–H groups in total. The van der Waals surface area contributed by atoms with Gasteiger partial charge in [0.05, 0.1) is 22.9 Å². The van der Waals surface area contributed by atoms with Crippen LogP contribution in [0, 0.1) is 6.92 Å². The van der Waals surface area contributed by atoms with Crippen molar-refractivity contribution in [1.82, 2.24) is 4.98 Å². The van der Waals surface area contributed by atoms with Gasteiger partial charge in [-0.15, -0.1) is 0 Å². The molecule has 0 aliphatic carbocycles. The summed E-state index contributed by atoms with van der Waals surface area (Å²) in [6.45, 7) is 2.53. The van der Waals surface area contributed by atoms with E-state index in [0.717, 1.165) is 21.4 Å². The molecule has 0 spiro atoms. The molecule has 0 aliphatic rings. The molecule has 0 saturated carbocycles. The summed E-state index contributed by atoms with van der Waals surface area (Å²) in [5, 5.41) is 4.58. The van der Waals surface area contributed by atoms with Crippen LogP contribution in [0.2, 0.25) is 10.0 Å². The molecule has 0 aliphatic heterocycles. The van der Waals surface area contributed by atoms with Crippen molar-refractivity contribution in [2.75, 3.05) is 5.32 Å². The SMILES string of the molecule is Cc1cc(Cl)c(NCc2ccc(Br)cn2)cc1Cl. The highest BCUT2D eigenvalue weighted by Gasteiger charge is 2.04. The highest BCUT2D eigenvalue weighted by Crippen LogP contribution is 2.29. The molecule has 2 nitrogen and oxygen atoms in total.